The minimum atomic E-state index is -0.731. The maximum absolute atomic E-state index is 12.5. The first-order valence-corrected chi connectivity index (χ1v) is 11.8. The Balaban J connectivity index is 2.10. The molecule has 2 aromatic rings. The Kier molecular flexibility index (Phi) is 10.7. The molecule has 1 aromatic carbocycles. The van der Waals surface area contributed by atoms with Crippen LogP contribution in [-0.4, -0.2) is 18.3 Å². The van der Waals surface area contributed by atoms with Gasteiger partial charge in [-0.2, -0.15) is 0 Å². The Morgan fingerprint density at radius 3 is 1.97 bits per heavy atom. The first-order valence-electron chi connectivity index (χ1n) is 11.8. The van der Waals surface area contributed by atoms with Crippen LogP contribution in [0.25, 0.3) is 11.0 Å². The molecule has 5 nitrogen and oxygen atoms in total. The lowest BCUT2D eigenvalue weighted by Gasteiger charge is -2.10. The van der Waals surface area contributed by atoms with E-state index in [4.69, 9.17) is 13.9 Å². The van der Waals surface area contributed by atoms with E-state index < -0.39 is 5.63 Å². The predicted molar refractivity (Wildman–Crippen MR) is 140 cm³/mol. The van der Waals surface area contributed by atoms with Gasteiger partial charge in [0.25, 0.3) is 0 Å². The molecule has 0 unspecified atom stereocenters. The molecular weight excluding hydrogens is 428 g/mol. The van der Waals surface area contributed by atoms with E-state index in [9.17, 15) is 9.90 Å². The summed E-state index contributed by atoms with van der Waals surface area (Å²) in [7, 11) is 0. The Morgan fingerprint density at radius 2 is 1.41 bits per heavy atom. The maximum Gasteiger partial charge on any atom is 0.383 e. The van der Waals surface area contributed by atoms with Crippen molar-refractivity contribution in [3.8, 4) is 17.2 Å². The van der Waals surface area contributed by atoms with Crippen molar-refractivity contribution in [1.82, 2.24) is 0 Å². The molecule has 0 saturated carbocycles. The van der Waals surface area contributed by atoms with Crippen molar-refractivity contribution >= 4 is 11.0 Å². The number of hydrogen-bond donors (Lipinski definition) is 1. The van der Waals surface area contributed by atoms with Gasteiger partial charge in [-0.15, -0.1) is 0 Å². The van der Waals surface area contributed by atoms with Gasteiger partial charge in [-0.25, -0.2) is 4.79 Å². The van der Waals surface area contributed by atoms with Crippen molar-refractivity contribution in [3.05, 3.63) is 75.2 Å². The largest absolute Gasteiger partial charge is 0.504 e. The minimum Gasteiger partial charge on any atom is -0.504 e. The lowest BCUT2D eigenvalue weighted by Crippen LogP contribution is -2.08. The molecule has 1 N–H and O–H groups in total. The van der Waals surface area contributed by atoms with Crippen LogP contribution in [0.3, 0.4) is 0 Å². The quantitative estimate of drug-likeness (QED) is 0.257. The summed E-state index contributed by atoms with van der Waals surface area (Å²) < 4.78 is 16.9. The smallest absolute Gasteiger partial charge is 0.383 e. The second-order valence-corrected chi connectivity index (χ2v) is 9.06. The third-order valence-electron chi connectivity index (χ3n) is 5.34. The van der Waals surface area contributed by atoms with Gasteiger partial charge >= 0.3 is 5.63 Å². The zero-order valence-corrected chi connectivity index (χ0v) is 21.4. The van der Waals surface area contributed by atoms with Crippen molar-refractivity contribution in [3.63, 3.8) is 0 Å². The summed E-state index contributed by atoms with van der Waals surface area (Å²) in [5, 5.41) is 11.1. The number of aromatic hydroxyl groups is 1. The molecule has 0 saturated heterocycles. The predicted octanol–water partition coefficient (Wildman–Crippen LogP) is 7.64. The van der Waals surface area contributed by atoms with Gasteiger partial charge in [0.15, 0.2) is 17.1 Å². The molecule has 0 fully saturated rings. The summed E-state index contributed by atoms with van der Waals surface area (Å²) in [6.07, 6.45) is 12.1. The number of benzene rings is 1. The molecule has 0 aliphatic carbocycles. The third kappa shape index (κ3) is 8.62. The molecule has 0 spiro atoms. The second kappa shape index (κ2) is 13.5. The molecule has 5 heteroatoms. The highest BCUT2D eigenvalue weighted by Gasteiger charge is 2.17. The third-order valence-corrected chi connectivity index (χ3v) is 5.34. The summed E-state index contributed by atoms with van der Waals surface area (Å²) in [5.74, 6) is -0.0199. The highest BCUT2D eigenvalue weighted by Crippen LogP contribution is 2.35. The van der Waals surface area contributed by atoms with E-state index in [1.54, 1.807) is 18.2 Å². The van der Waals surface area contributed by atoms with Gasteiger partial charge < -0.3 is 19.0 Å². The van der Waals surface area contributed by atoms with E-state index in [0.29, 0.717) is 17.7 Å². The van der Waals surface area contributed by atoms with E-state index in [2.05, 4.69) is 46.8 Å². The van der Waals surface area contributed by atoms with Crippen LogP contribution in [0.15, 0.2) is 74.0 Å². The number of rotatable bonds is 12. The number of hydrogen-bond acceptors (Lipinski definition) is 5. The first kappa shape index (κ1) is 27.0. The molecule has 1 aromatic heterocycles. The van der Waals surface area contributed by atoms with Crippen molar-refractivity contribution in [1.29, 1.82) is 0 Å². The van der Waals surface area contributed by atoms with Crippen molar-refractivity contribution < 1.29 is 19.0 Å². The van der Waals surface area contributed by atoms with Crippen LogP contribution in [-0.2, 0) is 0 Å². The number of ether oxygens (including phenoxy) is 2. The summed E-state index contributed by atoms with van der Waals surface area (Å²) in [4.78, 5) is 12.5. The van der Waals surface area contributed by atoms with Crippen LogP contribution in [0.2, 0.25) is 0 Å². The van der Waals surface area contributed by atoms with Gasteiger partial charge in [0.2, 0.25) is 5.75 Å². The molecule has 0 aliphatic rings. The molecule has 2 rings (SSSR count). The molecule has 0 aliphatic heterocycles. The number of allylic oxidation sites excluding steroid dienone is 6. The van der Waals surface area contributed by atoms with Crippen molar-refractivity contribution in [2.75, 3.05) is 13.2 Å². The van der Waals surface area contributed by atoms with E-state index in [-0.39, 0.29) is 23.7 Å². The van der Waals surface area contributed by atoms with Crippen LogP contribution < -0.4 is 15.1 Å². The highest BCUT2D eigenvalue weighted by molar-refractivity contribution is 5.89. The average molecular weight is 467 g/mol. The molecule has 0 bridgehead atoms. The first-order chi connectivity index (χ1) is 16.2. The van der Waals surface area contributed by atoms with Crippen LogP contribution in [0.1, 0.15) is 67.2 Å². The van der Waals surface area contributed by atoms with Crippen LogP contribution in [0, 0.1) is 0 Å². The Morgan fingerprint density at radius 1 is 0.853 bits per heavy atom. The molecule has 0 radical (unpaired) electrons. The fourth-order valence-electron chi connectivity index (χ4n) is 3.33. The molecule has 0 atom stereocenters. The standard InChI is InChI=1S/C29H38O5/c1-20(2)10-7-12-22(5)16-18-32-25-15-9-14-24-26(30)28(29(31)34-27(24)25)33-19-17-23(6)13-8-11-21(3)4/h9-11,14-17,30H,7-8,12-13,18-19H2,1-6H3. The number of para-hydroxylation sites is 1. The van der Waals surface area contributed by atoms with Crippen LogP contribution in [0.4, 0.5) is 0 Å². The van der Waals surface area contributed by atoms with Gasteiger partial charge in [-0.05, 0) is 91.5 Å². The molecule has 1 heterocycles. The van der Waals surface area contributed by atoms with Gasteiger partial charge in [0.1, 0.15) is 13.2 Å². The Labute approximate surface area is 203 Å². The van der Waals surface area contributed by atoms with Crippen LogP contribution >= 0.6 is 0 Å². The van der Waals surface area contributed by atoms with E-state index in [1.165, 1.54) is 16.7 Å². The lowest BCUT2D eigenvalue weighted by atomic mass is 10.1. The summed E-state index contributed by atoms with van der Waals surface area (Å²) >= 11 is 0. The zero-order chi connectivity index (χ0) is 25.1. The van der Waals surface area contributed by atoms with Gasteiger partial charge in [0.05, 0.1) is 5.39 Å². The summed E-state index contributed by atoms with van der Waals surface area (Å²) in [6, 6.07) is 5.14. The summed E-state index contributed by atoms with van der Waals surface area (Å²) in [5.41, 5.74) is 4.45. The monoisotopic (exact) mass is 466 g/mol. The fraction of sp³-hybridized carbons (Fsp3) is 0.414. The van der Waals surface area contributed by atoms with Crippen molar-refractivity contribution in [2.45, 2.75) is 67.2 Å². The molecule has 184 valence electrons. The SMILES string of the molecule is CC(C)=CCCC(C)=CCOc1c(O)c2cccc(OCC=C(C)CCC=C(C)C)c2oc1=O. The lowest BCUT2D eigenvalue weighted by molar-refractivity contribution is 0.313. The van der Waals surface area contributed by atoms with E-state index >= 15 is 0 Å². The topological polar surface area (TPSA) is 68.9 Å². The van der Waals surface area contributed by atoms with Crippen LogP contribution in [0.5, 0.6) is 17.2 Å². The summed E-state index contributed by atoms with van der Waals surface area (Å²) in [6.45, 7) is 12.9. The Hall–Kier alpha value is -3.21. The van der Waals surface area contributed by atoms with Gasteiger partial charge in [-0.3, -0.25) is 0 Å². The average Bonchev–Trinajstić information content (AvgIpc) is 2.76. The van der Waals surface area contributed by atoms with Gasteiger partial charge in [-0.1, -0.05) is 40.5 Å². The second-order valence-electron chi connectivity index (χ2n) is 9.06. The maximum atomic E-state index is 12.5. The molecule has 34 heavy (non-hydrogen) atoms. The normalized spacial score (nSPS) is 11.9. The number of fused-ring (bicyclic) bond motifs is 1. The Bertz CT molecular complexity index is 1140. The van der Waals surface area contributed by atoms with E-state index in [0.717, 1.165) is 31.3 Å². The highest BCUT2D eigenvalue weighted by atomic mass is 16.5. The molecular formula is C29H38O5. The zero-order valence-electron chi connectivity index (χ0n) is 21.4. The van der Waals surface area contributed by atoms with E-state index in [1.807, 2.05) is 19.1 Å². The molecule has 0 amide bonds. The minimum absolute atomic E-state index is 0.178. The fourth-order valence-corrected chi connectivity index (χ4v) is 3.33. The van der Waals surface area contributed by atoms with Gasteiger partial charge in [0, 0.05) is 0 Å². The van der Waals surface area contributed by atoms with Crippen molar-refractivity contribution in [2.24, 2.45) is 0 Å².